The van der Waals surface area contributed by atoms with Crippen molar-refractivity contribution in [1.29, 1.82) is 0 Å². The number of methoxy groups -OCH3 is 1. The lowest BCUT2D eigenvalue weighted by Crippen LogP contribution is -2.41. The summed E-state index contributed by atoms with van der Waals surface area (Å²) in [5.74, 6) is 0.470. The lowest BCUT2D eigenvalue weighted by Gasteiger charge is -2.36. The molecule has 1 saturated heterocycles. The van der Waals surface area contributed by atoms with Gasteiger partial charge in [0.2, 0.25) is 0 Å². The predicted octanol–water partition coefficient (Wildman–Crippen LogP) is 4.59. The average Bonchev–Trinajstić information content (AvgIpc) is 2.62. The van der Waals surface area contributed by atoms with Gasteiger partial charge in [0.1, 0.15) is 11.6 Å². The molecule has 2 amide bonds. The van der Waals surface area contributed by atoms with Crippen LogP contribution in [0, 0.1) is 5.82 Å². The molecule has 0 bridgehead atoms. The third-order valence-electron chi connectivity index (χ3n) is 4.34. The lowest BCUT2D eigenvalue weighted by molar-refractivity contribution is 0.163. The molecule has 4 nitrogen and oxygen atoms in total. The van der Waals surface area contributed by atoms with Crippen molar-refractivity contribution in [3.8, 4) is 5.75 Å². The summed E-state index contributed by atoms with van der Waals surface area (Å²) in [6.07, 6.45) is 2.84. The second kappa shape index (κ2) is 7.34. The highest BCUT2D eigenvalue weighted by molar-refractivity contribution is 5.89. The third kappa shape index (κ3) is 3.67. The molecule has 3 rings (SSSR count). The molecular weight excluding hydrogens is 307 g/mol. The zero-order valence-corrected chi connectivity index (χ0v) is 13.7. The normalized spacial score (nSPS) is 17.4. The van der Waals surface area contributed by atoms with Gasteiger partial charge in [0.05, 0.1) is 13.2 Å². The molecule has 1 N–H and O–H groups in total. The van der Waals surface area contributed by atoms with Crippen LogP contribution in [0.25, 0.3) is 0 Å². The molecule has 2 aromatic carbocycles. The van der Waals surface area contributed by atoms with Gasteiger partial charge in [-0.05, 0) is 61.2 Å². The van der Waals surface area contributed by atoms with E-state index in [4.69, 9.17) is 4.74 Å². The first-order valence-corrected chi connectivity index (χ1v) is 8.14. The smallest absolute Gasteiger partial charge is 0.322 e. The van der Waals surface area contributed by atoms with Crippen LogP contribution >= 0.6 is 0 Å². The van der Waals surface area contributed by atoms with Crippen molar-refractivity contribution in [3.63, 3.8) is 0 Å². The lowest BCUT2D eigenvalue weighted by atomic mass is 9.95. The minimum absolute atomic E-state index is 0.0901. The average molecular weight is 328 g/mol. The number of carbonyl (C=O) groups is 1. The number of likely N-dealkylation sites (tertiary alicyclic amines) is 1. The fourth-order valence-electron chi connectivity index (χ4n) is 3.10. The van der Waals surface area contributed by atoms with Crippen LogP contribution in [0.3, 0.4) is 0 Å². The van der Waals surface area contributed by atoms with Crippen LogP contribution in [0.2, 0.25) is 0 Å². The topological polar surface area (TPSA) is 41.6 Å². The quantitative estimate of drug-likeness (QED) is 0.895. The first-order valence-electron chi connectivity index (χ1n) is 8.14. The van der Waals surface area contributed by atoms with Crippen molar-refractivity contribution in [2.75, 3.05) is 19.0 Å². The van der Waals surface area contributed by atoms with E-state index >= 15 is 0 Å². The molecule has 0 aromatic heterocycles. The molecule has 1 fully saturated rings. The van der Waals surface area contributed by atoms with E-state index in [0.29, 0.717) is 12.2 Å². The van der Waals surface area contributed by atoms with Crippen LogP contribution in [0.4, 0.5) is 14.9 Å². The number of piperidine rings is 1. The number of carbonyl (C=O) groups excluding carboxylic acids is 1. The van der Waals surface area contributed by atoms with Gasteiger partial charge in [-0.15, -0.1) is 0 Å². The van der Waals surface area contributed by atoms with E-state index < -0.39 is 0 Å². The molecular formula is C19H21FN2O2. The minimum atomic E-state index is -0.270. The summed E-state index contributed by atoms with van der Waals surface area (Å²) in [7, 11) is 1.60. The maximum Gasteiger partial charge on any atom is 0.322 e. The molecule has 126 valence electrons. The standard InChI is InChI=1S/C19H21FN2O2/c1-24-17-10-8-16(9-11-17)21-19(23)22-12-3-2-7-18(22)14-5-4-6-15(20)13-14/h4-6,8-11,13,18H,2-3,7,12H2,1H3,(H,21,23). The molecule has 2 aromatic rings. The van der Waals surface area contributed by atoms with Gasteiger partial charge in [0.25, 0.3) is 0 Å². The summed E-state index contributed by atoms with van der Waals surface area (Å²) in [6, 6.07) is 13.5. The van der Waals surface area contributed by atoms with Crippen molar-refractivity contribution in [3.05, 3.63) is 59.9 Å². The second-order valence-electron chi connectivity index (χ2n) is 5.92. The molecule has 0 radical (unpaired) electrons. The Balaban J connectivity index is 1.75. The number of urea groups is 1. The monoisotopic (exact) mass is 328 g/mol. The van der Waals surface area contributed by atoms with Gasteiger partial charge in [-0.25, -0.2) is 9.18 Å². The van der Waals surface area contributed by atoms with E-state index in [1.54, 1.807) is 42.3 Å². The maximum absolute atomic E-state index is 13.5. The molecule has 1 unspecified atom stereocenters. The number of nitrogens with one attached hydrogen (secondary N) is 1. The van der Waals surface area contributed by atoms with E-state index in [1.165, 1.54) is 12.1 Å². The van der Waals surface area contributed by atoms with Crippen molar-refractivity contribution in [2.24, 2.45) is 0 Å². The first kappa shape index (κ1) is 16.3. The Morgan fingerprint density at radius 1 is 1.21 bits per heavy atom. The first-order chi connectivity index (χ1) is 11.7. The number of anilines is 1. The van der Waals surface area contributed by atoms with Gasteiger partial charge >= 0.3 is 6.03 Å². The zero-order valence-electron chi connectivity index (χ0n) is 13.7. The molecule has 1 aliphatic heterocycles. The summed E-state index contributed by atoms with van der Waals surface area (Å²) >= 11 is 0. The Kier molecular flexibility index (Phi) is 4.99. The van der Waals surface area contributed by atoms with Gasteiger partial charge in [0, 0.05) is 12.2 Å². The van der Waals surface area contributed by atoms with Crippen LogP contribution < -0.4 is 10.1 Å². The molecule has 1 atom stereocenters. The van der Waals surface area contributed by atoms with Crippen LogP contribution in [-0.2, 0) is 0 Å². The van der Waals surface area contributed by atoms with Gasteiger partial charge in [-0.2, -0.15) is 0 Å². The summed E-state index contributed by atoms with van der Waals surface area (Å²) in [4.78, 5) is 14.5. The van der Waals surface area contributed by atoms with Crippen LogP contribution in [0.5, 0.6) is 5.75 Å². The Morgan fingerprint density at radius 3 is 2.71 bits per heavy atom. The Hall–Kier alpha value is -2.56. The second-order valence-corrected chi connectivity index (χ2v) is 5.92. The van der Waals surface area contributed by atoms with Gasteiger partial charge < -0.3 is 15.0 Å². The number of halogens is 1. The fraction of sp³-hybridized carbons (Fsp3) is 0.316. The largest absolute Gasteiger partial charge is 0.497 e. The number of ether oxygens (including phenoxy) is 1. The number of hydrogen-bond acceptors (Lipinski definition) is 2. The van der Waals surface area contributed by atoms with E-state index in [-0.39, 0.29) is 17.9 Å². The molecule has 0 aliphatic carbocycles. The minimum Gasteiger partial charge on any atom is -0.497 e. The molecule has 0 saturated carbocycles. The van der Waals surface area contributed by atoms with E-state index in [0.717, 1.165) is 30.6 Å². The predicted molar refractivity (Wildman–Crippen MR) is 91.7 cm³/mol. The van der Waals surface area contributed by atoms with Crippen LogP contribution in [0.15, 0.2) is 48.5 Å². The van der Waals surface area contributed by atoms with Crippen molar-refractivity contribution >= 4 is 11.7 Å². The number of rotatable bonds is 3. The molecule has 24 heavy (non-hydrogen) atoms. The van der Waals surface area contributed by atoms with E-state index in [9.17, 15) is 9.18 Å². The molecule has 1 aliphatic rings. The Labute approximate surface area is 141 Å². The highest BCUT2D eigenvalue weighted by Crippen LogP contribution is 2.31. The van der Waals surface area contributed by atoms with Crippen molar-refractivity contribution < 1.29 is 13.9 Å². The number of amides is 2. The summed E-state index contributed by atoms with van der Waals surface area (Å²) in [5.41, 5.74) is 1.56. The summed E-state index contributed by atoms with van der Waals surface area (Å²) < 4.78 is 18.7. The van der Waals surface area contributed by atoms with Crippen LogP contribution in [-0.4, -0.2) is 24.6 Å². The van der Waals surface area contributed by atoms with Crippen molar-refractivity contribution in [2.45, 2.75) is 25.3 Å². The van der Waals surface area contributed by atoms with E-state index in [1.807, 2.05) is 6.07 Å². The van der Waals surface area contributed by atoms with Gasteiger partial charge in [-0.1, -0.05) is 12.1 Å². The third-order valence-corrected chi connectivity index (χ3v) is 4.34. The van der Waals surface area contributed by atoms with E-state index in [2.05, 4.69) is 5.32 Å². The highest BCUT2D eigenvalue weighted by atomic mass is 19.1. The van der Waals surface area contributed by atoms with Gasteiger partial charge in [-0.3, -0.25) is 0 Å². The molecule has 1 heterocycles. The van der Waals surface area contributed by atoms with Crippen molar-refractivity contribution in [1.82, 2.24) is 4.90 Å². The molecule has 5 heteroatoms. The Bertz CT molecular complexity index is 703. The molecule has 0 spiro atoms. The maximum atomic E-state index is 13.5. The SMILES string of the molecule is COc1ccc(NC(=O)N2CCCCC2c2cccc(F)c2)cc1. The number of benzene rings is 2. The fourth-order valence-corrected chi connectivity index (χ4v) is 3.10. The highest BCUT2D eigenvalue weighted by Gasteiger charge is 2.28. The summed E-state index contributed by atoms with van der Waals surface area (Å²) in [5, 5.41) is 2.91. The number of hydrogen-bond donors (Lipinski definition) is 1. The van der Waals surface area contributed by atoms with Crippen LogP contribution in [0.1, 0.15) is 30.9 Å². The van der Waals surface area contributed by atoms with Gasteiger partial charge in [0.15, 0.2) is 0 Å². The zero-order chi connectivity index (χ0) is 16.9. The number of nitrogens with zero attached hydrogens (tertiary/aromatic N) is 1. The summed E-state index contributed by atoms with van der Waals surface area (Å²) in [6.45, 7) is 0.670. The Morgan fingerprint density at radius 2 is 2.00 bits per heavy atom.